The van der Waals surface area contributed by atoms with Crippen molar-refractivity contribution in [3.8, 4) is 0 Å². The standard InChI is InChI=1S/C18H17ClN2O5/c19-12-26-17(23)14-6-8-15(9-7-14)21(16(22)10-20)18(24)25-11-13-4-2-1-3-5-13/h1-9H,10-12,20H2. The van der Waals surface area contributed by atoms with Gasteiger partial charge >= 0.3 is 12.1 Å². The Balaban J connectivity index is 2.14. The number of carbonyl (C=O) groups is 3. The predicted molar refractivity (Wildman–Crippen MR) is 95.7 cm³/mol. The van der Waals surface area contributed by atoms with Crippen LogP contribution in [0.4, 0.5) is 10.5 Å². The minimum atomic E-state index is -0.861. The Morgan fingerprint density at radius 3 is 2.19 bits per heavy atom. The molecule has 0 heterocycles. The van der Waals surface area contributed by atoms with Crippen molar-refractivity contribution < 1.29 is 23.9 Å². The topological polar surface area (TPSA) is 98.9 Å². The van der Waals surface area contributed by atoms with Crippen LogP contribution in [-0.2, 0) is 20.9 Å². The minimum Gasteiger partial charge on any atom is -0.446 e. The maximum Gasteiger partial charge on any atom is 0.421 e. The molecule has 7 nitrogen and oxygen atoms in total. The molecule has 0 atom stereocenters. The zero-order valence-electron chi connectivity index (χ0n) is 13.8. The van der Waals surface area contributed by atoms with Crippen LogP contribution in [0.25, 0.3) is 0 Å². The average molecular weight is 377 g/mol. The van der Waals surface area contributed by atoms with Gasteiger partial charge in [0.05, 0.1) is 17.8 Å². The molecule has 0 spiro atoms. The number of alkyl halides is 1. The van der Waals surface area contributed by atoms with Gasteiger partial charge in [-0.15, -0.1) is 0 Å². The third-order valence-electron chi connectivity index (χ3n) is 3.36. The van der Waals surface area contributed by atoms with Crippen LogP contribution in [0, 0.1) is 0 Å². The summed E-state index contributed by atoms with van der Waals surface area (Å²) in [5.74, 6) is -1.26. The lowest BCUT2D eigenvalue weighted by Gasteiger charge is -2.20. The second kappa shape index (κ2) is 9.55. The molecule has 0 fully saturated rings. The van der Waals surface area contributed by atoms with Crippen molar-refractivity contribution in [1.82, 2.24) is 0 Å². The zero-order chi connectivity index (χ0) is 18.9. The fraction of sp³-hybridized carbons (Fsp3) is 0.167. The molecule has 26 heavy (non-hydrogen) atoms. The van der Waals surface area contributed by atoms with E-state index in [9.17, 15) is 14.4 Å². The summed E-state index contributed by atoms with van der Waals surface area (Å²) in [7, 11) is 0. The third-order valence-corrected chi connectivity index (χ3v) is 3.47. The first-order valence-corrected chi connectivity index (χ1v) is 8.17. The number of ether oxygens (including phenoxy) is 2. The van der Waals surface area contributed by atoms with Crippen LogP contribution >= 0.6 is 11.6 Å². The van der Waals surface area contributed by atoms with E-state index in [1.54, 1.807) is 12.1 Å². The number of imide groups is 1. The second-order valence-corrected chi connectivity index (χ2v) is 5.28. The number of carbonyl (C=O) groups excluding carboxylic acids is 3. The highest BCUT2D eigenvalue weighted by atomic mass is 35.5. The average Bonchev–Trinajstić information content (AvgIpc) is 2.68. The van der Waals surface area contributed by atoms with Crippen LogP contribution in [0.15, 0.2) is 54.6 Å². The van der Waals surface area contributed by atoms with Crippen molar-refractivity contribution in [2.75, 3.05) is 17.5 Å². The highest BCUT2D eigenvalue weighted by Crippen LogP contribution is 2.18. The van der Waals surface area contributed by atoms with Gasteiger partial charge in [0.2, 0.25) is 5.91 Å². The maximum atomic E-state index is 12.4. The quantitative estimate of drug-likeness (QED) is 0.614. The van der Waals surface area contributed by atoms with Crippen molar-refractivity contribution in [2.24, 2.45) is 5.73 Å². The van der Waals surface area contributed by atoms with Crippen LogP contribution in [0.5, 0.6) is 0 Å². The number of amides is 2. The van der Waals surface area contributed by atoms with Gasteiger partial charge in [-0.3, -0.25) is 4.79 Å². The fourth-order valence-electron chi connectivity index (χ4n) is 2.11. The van der Waals surface area contributed by atoms with Crippen LogP contribution in [-0.4, -0.2) is 30.6 Å². The molecular weight excluding hydrogens is 360 g/mol. The number of benzene rings is 2. The largest absolute Gasteiger partial charge is 0.446 e. The van der Waals surface area contributed by atoms with Gasteiger partial charge in [-0.05, 0) is 29.8 Å². The predicted octanol–water partition coefficient (Wildman–Crippen LogP) is 2.67. The summed E-state index contributed by atoms with van der Waals surface area (Å²) >= 11 is 5.34. The first kappa shape index (κ1) is 19.4. The van der Waals surface area contributed by atoms with Crippen molar-refractivity contribution in [3.05, 3.63) is 65.7 Å². The van der Waals surface area contributed by atoms with Gasteiger partial charge in [0.25, 0.3) is 0 Å². The number of rotatable bonds is 6. The molecule has 0 saturated heterocycles. The van der Waals surface area contributed by atoms with Crippen molar-refractivity contribution in [3.63, 3.8) is 0 Å². The monoisotopic (exact) mass is 376 g/mol. The van der Waals surface area contributed by atoms with E-state index >= 15 is 0 Å². The summed E-state index contributed by atoms with van der Waals surface area (Å²) in [6, 6.07) is 14.4. The van der Waals surface area contributed by atoms with Gasteiger partial charge < -0.3 is 15.2 Å². The Kier molecular flexibility index (Phi) is 7.13. The third kappa shape index (κ3) is 5.05. The van der Waals surface area contributed by atoms with E-state index in [0.29, 0.717) is 0 Å². The molecule has 0 saturated carbocycles. The van der Waals surface area contributed by atoms with E-state index in [0.717, 1.165) is 10.5 Å². The molecule has 0 aromatic heterocycles. The Hall–Kier alpha value is -2.90. The molecule has 2 aromatic rings. The molecule has 2 rings (SSSR count). The molecule has 136 valence electrons. The van der Waals surface area contributed by atoms with E-state index < -0.39 is 18.0 Å². The normalized spacial score (nSPS) is 10.1. The van der Waals surface area contributed by atoms with Crippen molar-refractivity contribution >= 4 is 35.3 Å². The molecular formula is C18H17ClN2O5. The van der Waals surface area contributed by atoms with Gasteiger partial charge in [-0.25, -0.2) is 14.5 Å². The number of hydrogen-bond acceptors (Lipinski definition) is 6. The van der Waals surface area contributed by atoms with Gasteiger partial charge in [0.1, 0.15) is 6.61 Å². The molecule has 0 radical (unpaired) electrons. The van der Waals surface area contributed by atoms with Gasteiger partial charge in [0, 0.05) is 0 Å². The molecule has 2 aromatic carbocycles. The summed E-state index contributed by atoms with van der Waals surface area (Å²) in [5, 5.41) is 0. The van der Waals surface area contributed by atoms with E-state index in [2.05, 4.69) is 4.74 Å². The van der Waals surface area contributed by atoms with Crippen LogP contribution in [0.3, 0.4) is 0 Å². The highest BCUT2D eigenvalue weighted by molar-refractivity contribution is 6.17. The Morgan fingerprint density at radius 1 is 0.962 bits per heavy atom. The lowest BCUT2D eigenvalue weighted by molar-refractivity contribution is -0.116. The van der Waals surface area contributed by atoms with E-state index in [-0.39, 0.29) is 30.5 Å². The van der Waals surface area contributed by atoms with E-state index in [1.165, 1.54) is 24.3 Å². The number of hydrogen-bond donors (Lipinski definition) is 1. The number of halogens is 1. The second-order valence-electron chi connectivity index (χ2n) is 5.06. The molecule has 0 unspecified atom stereocenters. The number of anilines is 1. The summed E-state index contributed by atoms with van der Waals surface area (Å²) in [6.07, 6.45) is -0.861. The molecule has 2 amide bonds. The van der Waals surface area contributed by atoms with Crippen LogP contribution in [0.1, 0.15) is 15.9 Å². The maximum absolute atomic E-state index is 12.4. The fourth-order valence-corrected chi connectivity index (χ4v) is 2.20. The van der Waals surface area contributed by atoms with Gasteiger partial charge in [0.15, 0.2) is 6.07 Å². The van der Waals surface area contributed by atoms with E-state index in [4.69, 9.17) is 22.1 Å². The molecule has 2 N–H and O–H groups in total. The summed E-state index contributed by atoms with van der Waals surface area (Å²) in [5.41, 5.74) is 6.62. The lowest BCUT2D eigenvalue weighted by atomic mass is 10.2. The molecule has 0 bridgehead atoms. The summed E-state index contributed by atoms with van der Waals surface area (Å²) < 4.78 is 9.85. The van der Waals surface area contributed by atoms with E-state index in [1.807, 2.05) is 18.2 Å². The SMILES string of the molecule is NCC(=O)N(C(=O)OCc1ccccc1)c1ccc(C(=O)OCCl)cc1. The number of esters is 1. The molecule has 0 aliphatic heterocycles. The van der Waals surface area contributed by atoms with Crippen LogP contribution in [0.2, 0.25) is 0 Å². The lowest BCUT2D eigenvalue weighted by Crippen LogP contribution is -2.41. The minimum absolute atomic E-state index is 0.00809. The first-order valence-electron chi connectivity index (χ1n) is 7.63. The Morgan fingerprint density at radius 2 is 1.62 bits per heavy atom. The van der Waals surface area contributed by atoms with Gasteiger partial charge in [-0.2, -0.15) is 0 Å². The smallest absolute Gasteiger partial charge is 0.421 e. The van der Waals surface area contributed by atoms with Crippen molar-refractivity contribution in [1.29, 1.82) is 0 Å². The number of nitrogens with zero attached hydrogens (tertiary/aromatic N) is 1. The van der Waals surface area contributed by atoms with Crippen LogP contribution < -0.4 is 10.6 Å². The first-order chi connectivity index (χ1) is 12.6. The molecule has 0 aliphatic rings. The Bertz CT molecular complexity index is 765. The Labute approximate surface area is 155 Å². The number of nitrogens with two attached hydrogens (primary N) is 1. The molecule has 0 aliphatic carbocycles. The van der Waals surface area contributed by atoms with Gasteiger partial charge in [-0.1, -0.05) is 41.9 Å². The molecule has 8 heteroatoms. The van der Waals surface area contributed by atoms with Crippen molar-refractivity contribution in [2.45, 2.75) is 6.61 Å². The summed E-state index contributed by atoms with van der Waals surface area (Å²) in [4.78, 5) is 36.9. The highest BCUT2D eigenvalue weighted by Gasteiger charge is 2.24. The zero-order valence-corrected chi connectivity index (χ0v) is 14.5. The summed E-state index contributed by atoms with van der Waals surface area (Å²) in [6.45, 7) is -0.370.